The van der Waals surface area contributed by atoms with E-state index < -0.39 is 25.0 Å². The number of nitrogens with zero attached hydrogens (tertiary/aromatic N) is 2. The van der Waals surface area contributed by atoms with Crippen LogP contribution in [0.2, 0.25) is 0 Å². The Kier molecular flexibility index (Phi) is 7.10. The number of rotatable bonds is 10. The first-order chi connectivity index (χ1) is 15.1. The maximum absolute atomic E-state index is 13.0. The molecule has 6 nitrogen and oxygen atoms in total. The number of ketones is 1. The number of Topliss-reactive ketones (excluding diaryl/α,β-unsaturated/α-hetero) is 1. The van der Waals surface area contributed by atoms with Crippen LogP contribution in [0.3, 0.4) is 0 Å². The minimum Gasteiger partial charge on any atom is -0.471 e. The standard InChI is InChI=1S/C22H23F4N3O3/c1-12-7-16(10-28-20(12)32-11-22(25,26)21(23)24)13(2)29-19(31)15-5-6-27-17(8-15)9-18(30)14-3-4-14/h5-8,10,13-14,21H,3-4,9,11H2,1-2H3,(H,29,31). The van der Waals surface area contributed by atoms with Crippen LogP contribution in [0.25, 0.3) is 0 Å². The van der Waals surface area contributed by atoms with Crippen molar-refractivity contribution < 1.29 is 31.9 Å². The summed E-state index contributed by atoms with van der Waals surface area (Å²) in [6.45, 7) is 1.75. The summed E-state index contributed by atoms with van der Waals surface area (Å²) in [5.74, 6) is -4.61. The van der Waals surface area contributed by atoms with Crippen molar-refractivity contribution in [2.24, 2.45) is 5.92 Å². The zero-order chi connectivity index (χ0) is 23.5. The highest BCUT2D eigenvalue weighted by molar-refractivity contribution is 5.94. The van der Waals surface area contributed by atoms with Crippen LogP contribution in [-0.4, -0.2) is 40.6 Å². The molecular formula is C22H23F4N3O3. The SMILES string of the molecule is Cc1cc(C(C)NC(=O)c2ccnc(CC(=O)C3CC3)c2)cnc1OCC(F)(F)C(F)F. The van der Waals surface area contributed by atoms with E-state index in [1.807, 2.05) is 0 Å². The van der Waals surface area contributed by atoms with Gasteiger partial charge in [-0.05, 0) is 50.5 Å². The first kappa shape index (κ1) is 23.6. The first-order valence-corrected chi connectivity index (χ1v) is 10.1. The molecule has 1 saturated carbocycles. The van der Waals surface area contributed by atoms with E-state index in [2.05, 4.69) is 15.3 Å². The molecule has 32 heavy (non-hydrogen) atoms. The highest BCUT2D eigenvalue weighted by Crippen LogP contribution is 2.31. The fourth-order valence-corrected chi connectivity index (χ4v) is 3.01. The number of amides is 1. The van der Waals surface area contributed by atoms with Crippen molar-refractivity contribution >= 4 is 11.7 Å². The lowest BCUT2D eigenvalue weighted by Gasteiger charge is -2.18. The number of hydrogen-bond acceptors (Lipinski definition) is 5. The number of carbonyl (C=O) groups is 2. The number of nitrogens with one attached hydrogen (secondary N) is 1. The molecule has 1 aliphatic rings. The molecule has 1 N–H and O–H groups in total. The Morgan fingerprint density at radius 2 is 1.97 bits per heavy atom. The van der Waals surface area contributed by atoms with Gasteiger partial charge in [0, 0.05) is 41.6 Å². The lowest BCUT2D eigenvalue weighted by Crippen LogP contribution is -2.34. The second-order valence-electron chi connectivity index (χ2n) is 7.89. The third-order valence-corrected chi connectivity index (χ3v) is 5.09. The van der Waals surface area contributed by atoms with E-state index >= 15 is 0 Å². The van der Waals surface area contributed by atoms with Crippen LogP contribution in [-0.2, 0) is 11.2 Å². The predicted molar refractivity (Wildman–Crippen MR) is 107 cm³/mol. The van der Waals surface area contributed by atoms with Gasteiger partial charge >= 0.3 is 12.3 Å². The van der Waals surface area contributed by atoms with Crippen molar-refractivity contribution in [2.75, 3.05) is 6.61 Å². The van der Waals surface area contributed by atoms with Crippen LogP contribution in [0.4, 0.5) is 17.6 Å². The monoisotopic (exact) mass is 453 g/mol. The molecule has 0 saturated heterocycles. The third-order valence-electron chi connectivity index (χ3n) is 5.09. The molecule has 2 aromatic heterocycles. The topological polar surface area (TPSA) is 81.2 Å². The molecule has 1 atom stereocenters. The van der Waals surface area contributed by atoms with Crippen molar-refractivity contribution in [1.82, 2.24) is 15.3 Å². The summed E-state index contributed by atoms with van der Waals surface area (Å²) >= 11 is 0. The molecule has 0 bridgehead atoms. The number of pyridine rings is 2. The molecular weight excluding hydrogens is 430 g/mol. The number of aryl methyl sites for hydroxylation is 1. The fraction of sp³-hybridized carbons (Fsp3) is 0.455. The Bertz CT molecular complexity index is 996. The number of carbonyl (C=O) groups excluding carboxylic acids is 2. The van der Waals surface area contributed by atoms with Gasteiger partial charge in [-0.1, -0.05) is 0 Å². The zero-order valence-corrected chi connectivity index (χ0v) is 17.6. The van der Waals surface area contributed by atoms with Crippen LogP contribution in [0.15, 0.2) is 30.6 Å². The Morgan fingerprint density at radius 3 is 2.59 bits per heavy atom. The minimum atomic E-state index is -4.28. The van der Waals surface area contributed by atoms with Crippen LogP contribution >= 0.6 is 0 Å². The minimum absolute atomic E-state index is 0.110. The van der Waals surface area contributed by atoms with Crippen LogP contribution in [0.5, 0.6) is 5.88 Å². The number of hydrogen-bond donors (Lipinski definition) is 1. The van der Waals surface area contributed by atoms with E-state index in [4.69, 9.17) is 4.74 Å². The van der Waals surface area contributed by atoms with Gasteiger partial charge in [-0.2, -0.15) is 8.78 Å². The molecule has 1 amide bonds. The van der Waals surface area contributed by atoms with Crippen LogP contribution in [0.1, 0.15) is 53.0 Å². The first-order valence-electron chi connectivity index (χ1n) is 10.1. The predicted octanol–water partition coefficient (Wildman–Crippen LogP) is 4.08. The normalized spacial score (nSPS) is 14.8. The maximum Gasteiger partial charge on any atom is 0.340 e. The van der Waals surface area contributed by atoms with Crippen molar-refractivity contribution in [1.29, 1.82) is 0 Å². The van der Waals surface area contributed by atoms with Gasteiger partial charge in [-0.15, -0.1) is 0 Å². The van der Waals surface area contributed by atoms with Gasteiger partial charge in [0.1, 0.15) is 5.78 Å². The third kappa shape index (κ3) is 6.02. The molecule has 0 spiro atoms. The second kappa shape index (κ2) is 9.62. The van der Waals surface area contributed by atoms with Crippen molar-refractivity contribution in [3.8, 4) is 5.88 Å². The maximum atomic E-state index is 13.0. The summed E-state index contributed by atoms with van der Waals surface area (Å²) in [6, 6.07) is 4.19. The van der Waals surface area contributed by atoms with E-state index in [1.165, 1.54) is 25.4 Å². The lowest BCUT2D eigenvalue weighted by atomic mass is 10.1. The lowest BCUT2D eigenvalue weighted by molar-refractivity contribution is -0.148. The van der Waals surface area contributed by atoms with Gasteiger partial charge < -0.3 is 10.1 Å². The van der Waals surface area contributed by atoms with Crippen molar-refractivity contribution in [3.63, 3.8) is 0 Å². The molecule has 10 heteroatoms. The molecule has 3 rings (SSSR count). The molecule has 0 aliphatic heterocycles. The molecule has 0 radical (unpaired) electrons. The summed E-state index contributed by atoms with van der Waals surface area (Å²) in [5, 5.41) is 2.79. The zero-order valence-electron chi connectivity index (χ0n) is 17.6. The highest BCUT2D eigenvalue weighted by Gasteiger charge is 2.42. The molecule has 172 valence electrons. The molecule has 0 aromatic carbocycles. The Hall–Kier alpha value is -3.04. The summed E-state index contributed by atoms with van der Waals surface area (Å²) in [5.41, 5.74) is 1.81. The largest absolute Gasteiger partial charge is 0.471 e. The van der Waals surface area contributed by atoms with Gasteiger partial charge in [0.15, 0.2) is 6.61 Å². The second-order valence-corrected chi connectivity index (χ2v) is 7.89. The molecule has 1 fully saturated rings. The van der Waals surface area contributed by atoms with Gasteiger partial charge in [-0.25, -0.2) is 13.8 Å². The summed E-state index contributed by atoms with van der Waals surface area (Å²) in [6.07, 6.45) is 0.960. The average Bonchev–Trinajstić information content (AvgIpc) is 3.58. The Labute approximate surface area is 182 Å². The van der Waals surface area contributed by atoms with E-state index in [1.54, 1.807) is 19.1 Å². The quantitative estimate of drug-likeness (QED) is 0.549. The number of ether oxygens (including phenoxy) is 1. The highest BCUT2D eigenvalue weighted by atomic mass is 19.3. The van der Waals surface area contributed by atoms with Gasteiger partial charge in [-0.3, -0.25) is 14.6 Å². The molecule has 1 unspecified atom stereocenters. The number of alkyl halides is 4. The van der Waals surface area contributed by atoms with E-state index in [0.717, 1.165) is 12.8 Å². The molecule has 1 aliphatic carbocycles. The van der Waals surface area contributed by atoms with Gasteiger partial charge in [0.05, 0.1) is 6.04 Å². The Morgan fingerprint density at radius 1 is 1.25 bits per heavy atom. The Balaban J connectivity index is 1.61. The van der Waals surface area contributed by atoms with E-state index in [9.17, 15) is 27.2 Å². The van der Waals surface area contributed by atoms with Crippen LogP contribution in [0, 0.1) is 12.8 Å². The van der Waals surface area contributed by atoms with Crippen LogP contribution < -0.4 is 10.1 Å². The number of halogens is 4. The fourth-order valence-electron chi connectivity index (χ4n) is 3.01. The average molecular weight is 453 g/mol. The summed E-state index contributed by atoms with van der Waals surface area (Å²) in [4.78, 5) is 32.7. The summed E-state index contributed by atoms with van der Waals surface area (Å²) < 4.78 is 55.4. The van der Waals surface area contributed by atoms with E-state index in [0.29, 0.717) is 22.4 Å². The van der Waals surface area contributed by atoms with Gasteiger partial charge in [0.2, 0.25) is 5.88 Å². The molecule has 2 heterocycles. The van der Waals surface area contributed by atoms with Crippen molar-refractivity contribution in [2.45, 2.75) is 51.5 Å². The summed E-state index contributed by atoms with van der Waals surface area (Å²) in [7, 11) is 0. The van der Waals surface area contributed by atoms with Gasteiger partial charge in [0.25, 0.3) is 5.91 Å². The smallest absolute Gasteiger partial charge is 0.340 e. The van der Waals surface area contributed by atoms with Crippen molar-refractivity contribution in [3.05, 3.63) is 53.0 Å². The van der Waals surface area contributed by atoms with E-state index in [-0.39, 0.29) is 29.9 Å². The molecule has 2 aromatic rings. The number of aromatic nitrogens is 2.